The fourth-order valence-electron chi connectivity index (χ4n) is 1.54. The van der Waals surface area contributed by atoms with Crippen molar-refractivity contribution < 1.29 is 25.2 Å². The van der Waals surface area contributed by atoms with Gasteiger partial charge in [0.15, 0.2) is 11.5 Å². The van der Waals surface area contributed by atoms with Crippen molar-refractivity contribution in [1.82, 2.24) is 0 Å². The summed E-state index contributed by atoms with van der Waals surface area (Å²) in [5.74, 6) is -1.84. The summed E-state index contributed by atoms with van der Waals surface area (Å²) in [6.07, 6.45) is 8.49. The SMILES string of the molecule is CCCCCCCC.OCC1=C(O)C(O)=C(O)CO1. The zero-order valence-corrected chi connectivity index (χ0v) is 11.9. The molecule has 0 spiro atoms. The molecule has 5 heteroatoms. The highest BCUT2D eigenvalue weighted by Gasteiger charge is 2.20. The van der Waals surface area contributed by atoms with Gasteiger partial charge in [-0.1, -0.05) is 52.4 Å². The molecular weight excluding hydrogens is 248 g/mol. The minimum absolute atomic E-state index is 0.139. The molecule has 0 atom stereocenters. The van der Waals surface area contributed by atoms with Crippen molar-refractivity contribution in [2.45, 2.75) is 52.4 Å². The summed E-state index contributed by atoms with van der Waals surface area (Å²) in [4.78, 5) is 0. The van der Waals surface area contributed by atoms with Crippen molar-refractivity contribution in [3.8, 4) is 0 Å². The Hall–Kier alpha value is -1.36. The predicted molar refractivity (Wildman–Crippen MR) is 74.0 cm³/mol. The summed E-state index contributed by atoms with van der Waals surface area (Å²) in [5.41, 5.74) is 0. The fraction of sp³-hybridized carbons (Fsp3) is 0.714. The van der Waals surface area contributed by atoms with Crippen LogP contribution in [0.4, 0.5) is 0 Å². The molecule has 0 saturated carbocycles. The molecule has 0 amide bonds. The van der Waals surface area contributed by atoms with E-state index in [9.17, 15) is 0 Å². The largest absolute Gasteiger partial charge is 0.505 e. The van der Waals surface area contributed by atoms with Crippen LogP contribution in [0.25, 0.3) is 0 Å². The van der Waals surface area contributed by atoms with E-state index in [0.29, 0.717) is 0 Å². The lowest BCUT2D eigenvalue weighted by molar-refractivity contribution is 0.109. The van der Waals surface area contributed by atoms with E-state index in [0.717, 1.165) is 0 Å². The van der Waals surface area contributed by atoms with Crippen molar-refractivity contribution in [1.29, 1.82) is 0 Å². The Labute approximate surface area is 114 Å². The van der Waals surface area contributed by atoms with Gasteiger partial charge in [0.05, 0.1) is 0 Å². The Kier molecular flexibility index (Phi) is 9.80. The van der Waals surface area contributed by atoms with Gasteiger partial charge in [0, 0.05) is 0 Å². The molecule has 0 bridgehead atoms. The first kappa shape index (κ1) is 17.6. The van der Waals surface area contributed by atoms with E-state index in [1.165, 1.54) is 38.5 Å². The second kappa shape index (κ2) is 10.6. The first-order chi connectivity index (χ1) is 9.08. The van der Waals surface area contributed by atoms with Crippen molar-refractivity contribution in [3.05, 3.63) is 23.0 Å². The minimum atomic E-state index is -0.639. The van der Waals surface area contributed by atoms with Gasteiger partial charge in [0.2, 0.25) is 11.5 Å². The van der Waals surface area contributed by atoms with Crippen LogP contribution in [0.5, 0.6) is 0 Å². The zero-order chi connectivity index (χ0) is 14.7. The van der Waals surface area contributed by atoms with Crippen LogP contribution >= 0.6 is 0 Å². The molecule has 19 heavy (non-hydrogen) atoms. The number of ether oxygens (including phenoxy) is 1. The molecule has 0 aromatic heterocycles. The van der Waals surface area contributed by atoms with Crippen LogP contribution in [0.15, 0.2) is 23.0 Å². The zero-order valence-electron chi connectivity index (χ0n) is 11.9. The normalized spacial score (nSPS) is 14.9. The Bertz CT molecular complexity index is 301. The van der Waals surface area contributed by atoms with Crippen LogP contribution < -0.4 is 0 Å². The van der Waals surface area contributed by atoms with E-state index in [2.05, 4.69) is 18.6 Å². The van der Waals surface area contributed by atoms with Crippen LogP contribution in [0.3, 0.4) is 0 Å². The van der Waals surface area contributed by atoms with Crippen LogP contribution in [-0.2, 0) is 4.74 Å². The van der Waals surface area contributed by atoms with Crippen molar-refractivity contribution in [3.63, 3.8) is 0 Å². The van der Waals surface area contributed by atoms with Gasteiger partial charge >= 0.3 is 0 Å². The average Bonchev–Trinajstić information content (AvgIpc) is 2.42. The van der Waals surface area contributed by atoms with Gasteiger partial charge in [0.1, 0.15) is 13.2 Å². The molecule has 0 saturated heterocycles. The number of aliphatic hydroxyl groups excluding tert-OH is 4. The summed E-state index contributed by atoms with van der Waals surface area (Å²) < 4.78 is 4.63. The molecule has 0 unspecified atom stereocenters. The topological polar surface area (TPSA) is 90.2 Å². The molecule has 0 aliphatic carbocycles. The van der Waals surface area contributed by atoms with Gasteiger partial charge in [-0.05, 0) is 0 Å². The van der Waals surface area contributed by atoms with Gasteiger partial charge in [0.25, 0.3) is 0 Å². The molecule has 0 fully saturated rings. The lowest BCUT2D eigenvalue weighted by Gasteiger charge is -2.15. The third-order valence-corrected chi connectivity index (χ3v) is 2.75. The molecule has 112 valence electrons. The first-order valence-electron chi connectivity index (χ1n) is 6.85. The smallest absolute Gasteiger partial charge is 0.203 e. The molecule has 1 rings (SSSR count). The first-order valence-corrected chi connectivity index (χ1v) is 6.85. The van der Waals surface area contributed by atoms with Crippen LogP contribution in [0.2, 0.25) is 0 Å². The van der Waals surface area contributed by atoms with Gasteiger partial charge < -0.3 is 25.2 Å². The molecule has 1 aliphatic rings. The maximum atomic E-state index is 8.93. The van der Waals surface area contributed by atoms with Crippen molar-refractivity contribution in [2.24, 2.45) is 0 Å². The van der Waals surface area contributed by atoms with Gasteiger partial charge in [-0.25, -0.2) is 0 Å². The molecule has 0 aromatic carbocycles. The standard InChI is InChI=1S/C8H18.C6H8O5/c1-3-5-7-8-6-4-2;7-1-4-6(10)5(9)3(8)2-11-4/h3-8H2,1-2H3;7-10H,1-2H2. The highest BCUT2D eigenvalue weighted by Crippen LogP contribution is 2.19. The Morgan fingerprint density at radius 1 is 0.895 bits per heavy atom. The maximum Gasteiger partial charge on any atom is 0.203 e. The molecule has 1 heterocycles. The molecule has 5 nitrogen and oxygen atoms in total. The lowest BCUT2D eigenvalue weighted by atomic mass is 10.1. The Morgan fingerprint density at radius 3 is 1.84 bits per heavy atom. The van der Waals surface area contributed by atoms with E-state index in [1.54, 1.807) is 0 Å². The van der Waals surface area contributed by atoms with Crippen molar-refractivity contribution in [2.75, 3.05) is 13.2 Å². The van der Waals surface area contributed by atoms with Crippen LogP contribution in [-0.4, -0.2) is 33.6 Å². The summed E-state index contributed by atoms with van der Waals surface area (Å²) in [6.45, 7) is 3.77. The van der Waals surface area contributed by atoms with E-state index in [1.807, 2.05) is 0 Å². The van der Waals surface area contributed by atoms with Gasteiger partial charge in [-0.3, -0.25) is 0 Å². The summed E-state index contributed by atoms with van der Waals surface area (Å²) in [7, 11) is 0. The quantitative estimate of drug-likeness (QED) is 0.557. The van der Waals surface area contributed by atoms with Crippen molar-refractivity contribution >= 4 is 0 Å². The maximum absolute atomic E-state index is 8.93. The van der Waals surface area contributed by atoms with Crippen LogP contribution in [0.1, 0.15) is 52.4 Å². The van der Waals surface area contributed by atoms with E-state index in [-0.39, 0.29) is 12.4 Å². The summed E-state index contributed by atoms with van der Waals surface area (Å²) >= 11 is 0. The number of hydrogen-bond donors (Lipinski definition) is 4. The second-order valence-corrected chi connectivity index (χ2v) is 4.43. The van der Waals surface area contributed by atoms with E-state index < -0.39 is 23.9 Å². The molecule has 4 N–H and O–H groups in total. The predicted octanol–water partition coefficient (Wildman–Crippen LogP) is 3.47. The molecule has 1 aliphatic heterocycles. The van der Waals surface area contributed by atoms with Gasteiger partial charge in [-0.2, -0.15) is 0 Å². The number of hydrogen-bond acceptors (Lipinski definition) is 5. The molecule has 0 aromatic rings. The summed E-state index contributed by atoms with van der Waals surface area (Å²) in [5, 5.41) is 35.1. The number of aliphatic hydroxyl groups is 4. The third-order valence-electron chi connectivity index (χ3n) is 2.75. The minimum Gasteiger partial charge on any atom is -0.505 e. The van der Waals surface area contributed by atoms with Gasteiger partial charge in [-0.15, -0.1) is 0 Å². The van der Waals surface area contributed by atoms with E-state index in [4.69, 9.17) is 20.4 Å². The lowest BCUT2D eigenvalue weighted by Crippen LogP contribution is -2.14. The molecule has 0 radical (unpaired) electrons. The monoisotopic (exact) mass is 274 g/mol. The third kappa shape index (κ3) is 6.96. The second-order valence-electron chi connectivity index (χ2n) is 4.43. The number of rotatable bonds is 6. The van der Waals surface area contributed by atoms with E-state index >= 15 is 0 Å². The van der Waals surface area contributed by atoms with Crippen LogP contribution in [0, 0.1) is 0 Å². The Morgan fingerprint density at radius 2 is 1.42 bits per heavy atom. The highest BCUT2D eigenvalue weighted by molar-refractivity contribution is 5.27. The summed E-state index contributed by atoms with van der Waals surface area (Å²) in [6, 6.07) is 0. The fourth-order valence-corrected chi connectivity index (χ4v) is 1.54. The Balaban J connectivity index is 0.000000362. The molecular formula is C14H26O5. The highest BCUT2D eigenvalue weighted by atomic mass is 16.5. The average molecular weight is 274 g/mol. The number of unbranched alkanes of at least 4 members (excludes halogenated alkanes) is 5.